The van der Waals surface area contributed by atoms with E-state index in [4.69, 9.17) is 0 Å². The monoisotopic (exact) mass is 213 g/mol. The maximum atomic E-state index is 11.4. The van der Waals surface area contributed by atoms with Gasteiger partial charge in [-0.25, -0.2) is 8.42 Å². The summed E-state index contributed by atoms with van der Waals surface area (Å²) in [5, 5.41) is 0. The summed E-state index contributed by atoms with van der Waals surface area (Å²) in [6, 6.07) is 7.45. The molecule has 0 aliphatic carbocycles. The number of nitrogens with zero attached hydrogens (tertiary/aromatic N) is 1. The summed E-state index contributed by atoms with van der Waals surface area (Å²) in [6.07, 6.45) is 1.22. The van der Waals surface area contributed by atoms with Gasteiger partial charge in [0, 0.05) is 6.54 Å². The number of sulfonamides is 1. The van der Waals surface area contributed by atoms with Crippen LogP contribution in [0.5, 0.6) is 0 Å². The first-order chi connectivity index (χ1) is 6.45. The summed E-state index contributed by atoms with van der Waals surface area (Å²) >= 11 is 0. The Morgan fingerprint density at radius 3 is 2.07 bits per heavy atom. The molecule has 1 aromatic rings. The van der Waals surface area contributed by atoms with Crippen LogP contribution >= 0.6 is 0 Å². The molecule has 0 saturated heterocycles. The minimum atomic E-state index is -3.15. The molecule has 0 heterocycles. The van der Waals surface area contributed by atoms with Crippen molar-refractivity contribution >= 4 is 15.7 Å². The van der Waals surface area contributed by atoms with Gasteiger partial charge < -0.3 is 0 Å². The normalized spacial score (nSPS) is 11.4. The van der Waals surface area contributed by atoms with Gasteiger partial charge in [0.15, 0.2) is 0 Å². The molecule has 1 rings (SSSR count). The van der Waals surface area contributed by atoms with Crippen molar-refractivity contribution in [2.75, 3.05) is 17.1 Å². The van der Waals surface area contributed by atoms with Gasteiger partial charge in [0.1, 0.15) is 0 Å². The number of aryl methyl sites for hydroxylation is 1. The third-order valence-electron chi connectivity index (χ3n) is 2.01. The summed E-state index contributed by atoms with van der Waals surface area (Å²) in [4.78, 5) is 0. The summed E-state index contributed by atoms with van der Waals surface area (Å²) in [7, 11) is -3.15. The zero-order valence-electron chi connectivity index (χ0n) is 8.69. The maximum absolute atomic E-state index is 11.4. The van der Waals surface area contributed by atoms with E-state index in [1.165, 1.54) is 10.6 Å². The lowest BCUT2D eigenvalue weighted by atomic mass is 10.2. The molecule has 14 heavy (non-hydrogen) atoms. The minimum Gasteiger partial charge on any atom is -0.271 e. The lowest BCUT2D eigenvalue weighted by molar-refractivity contribution is 0.598. The number of anilines is 1. The second-order valence-electron chi connectivity index (χ2n) is 3.26. The van der Waals surface area contributed by atoms with Crippen LogP contribution in [0.4, 0.5) is 5.69 Å². The van der Waals surface area contributed by atoms with Crippen LogP contribution in [0.1, 0.15) is 12.5 Å². The summed E-state index contributed by atoms with van der Waals surface area (Å²) in [6.45, 7) is 4.25. The Hall–Kier alpha value is -1.03. The molecule has 0 N–H and O–H groups in total. The van der Waals surface area contributed by atoms with Gasteiger partial charge in [-0.1, -0.05) is 17.7 Å². The largest absolute Gasteiger partial charge is 0.271 e. The van der Waals surface area contributed by atoms with Gasteiger partial charge in [0.05, 0.1) is 11.9 Å². The van der Waals surface area contributed by atoms with Crippen molar-refractivity contribution < 1.29 is 8.42 Å². The average Bonchev–Trinajstić information content (AvgIpc) is 2.07. The fraction of sp³-hybridized carbons (Fsp3) is 0.400. The zero-order chi connectivity index (χ0) is 10.8. The molecule has 0 spiro atoms. The van der Waals surface area contributed by atoms with Crippen LogP contribution in [0.2, 0.25) is 0 Å². The first kappa shape index (κ1) is 11.0. The second kappa shape index (κ2) is 4.00. The third-order valence-corrected chi connectivity index (χ3v) is 3.28. The molecule has 0 aliphatic heterocycles. The Balaban J connectivity index is 3.08. The van der Waals surface area contributed by atoms with Crippen LogP contribution < -0.4 is 4.31 Å². The van der Waals surface area contributed by atoms with Gasteiger partial charge in [0.25, 0.3) is 0 Å². The van der Waals surface area contributed by atoms with Crippen molar-refractivity contribution in [3.8, 4) is 0 Å². The minimum absolute atomic E-state index is 0.460. The Bertz CT molecular complexity index is 395. The molecule has 0 bridgehead atoms. The van der Waals surface area contributed by atoms with Crippen LogP contribution in [0.25, 0.3) is 0 Å². The quantitative estimate of drug-likeness (QED) is 0.767. The Morgan fingerprint density at radius 2 is 1.71 bits per heavy atom. The van der Waals surface area contributed by atoms with Gasteiger partial charge in [-0.15, -0.1) is 0 Å². The third kappa shape index (κ3) is 2.48. The van der Waals surface area contributed by atoms with E-state index in [2.05, 4.69) is 0 Å². The molecule has 0 radical (unpaired) electrons. The fourth-order valence-electron chi connectivity index (χ4n) is 1.32. The van der Waals surface area contributed by atoms with Crippen molar-refractivity contribution in [2.24, 2.45) is 0 Å². The number of hydrogen-bond acceptors (Lipinski definition) is 2. The highest BCUT2D eigenvalue weighted by atomic mass is 32.2. The van der Waals surface area contributed by atoms with E-state index in [0.29, 0.717) is 6.54 Å². The van der Waals surface area contributed by atoms with Crippen molar-refractivity contribution in [2.45, 2.75) is 13.8 Å². The number of rotatable bonds is 3. The van der Waals surface area contributed by atoms with E-state index in [1.54, 1.807) is 0 Å². The number of benzene rings is 1. The first-order valence-corrected chi connectivity index (χ1v) is 6.34. The highest BCUT2D eigenvalue weighted by Gasteiger charge is 2.14. The molecular formula is C10H15NO2S. The maximum Gasteiger partial charge on any atom is 0.232 e. The van der Waals surface area contributed by atoms with Crippen LogP contribution in [0, 0.1) is 6.92 Å². The molecule has 0 fully saturated rings. The average molecular weight is 213 g/mol. The summed E-state index contributed by atoms with van der Waals surface area (Å²) in [5.74, 6) is 0. The van der Waals surface area contributed by atoms with E-state index < -0.39 is 10.0 Å². The molecule has 78 valence electrons. The smallest absolute Gasteiger partial charge is 0.232 e. The van der Waals surface area contributed by atoms with E-state index >= 15 is 0 Å². The van der Waals surface area contributed by atoms with E-state index in [-0.39, 0.29) is 0 Å². The SMILES string of the molecule is CCN(c1ccc(C)cc1)S(C)(=O)=O. The molecule has 0 unspecified atom stereocenters. The highest BCUT2D eigenvalue weighted by Crippen LogP contribution is 2.17. The molecule has 3 nitrogen and oxygen atoms in total. The first-order valence-electron chi connectivity index (χ1n) is 4.49. The number of hydrogen-bond donors (Lipinski definition) is 0. The Morgan fingerprint density at radius 1 is 1.21 bits per heavy atom. The molecule has 0 aliphatic rings. The molecule has 4 heteroatoms. The van der Waals surface area contributed by atoms with Gasteiger partial charge >= 0.3 is 0 Å². The molecular weight excluding hydrogens is 198 g/mol. The van der Waals surface area contributed by atoms with E-state index in [1.807, 2.05) is 38.1 Å². The molecule has 0 aromatic heterocycles. The predicted molar refractivity (Wildman–Crippen MR) is 59.0 cm³/mol. The van der Waals surface area contributed by atoms with Gasteiger partial charge in [-0.3, -0.25) is 4.31 Å². The molecule has 1 aromatic carbocycles. The van der Waals surface area contributed by atoms with Crippen LogP contribution in [-0.2, 0) is 10.0 Å². The standard InChI is InChI=1S/C10H15NO2S/c1-4-11(14(3,12)13)10-7-5-9(2)6-8-10/h5-8H,4H2,1-3H3. The van der Waals surface area contributed by atoms with Crippen molar-refractivity contribution in [1.29, 1.82) is 0 Å². The topological polar surface area (TPSA) is 37.4 Å². The van der Waals surface area contributed by atoms with E-state index in [9.17, 15) is 8.42 Å². The van der Waals surface area contributed by atoms with Crippen LogP contribution in [0.15, 0.2) is 24.3 Å². The van der Waals surface area contributed by atoms with Crippen LogP contribution in [0.3, 0.4) is 0 Å². The molecule has 0 saturated carbocycles. The Labute approximate surface area is 85.4 Å². The Kier molecular flexibility index (Phi) is 3.16. The van der Waals surface area contributed by atoms with Gasteiger partial charge in [-0.2, -0.15) is 0 Å². The van der Waals surface area contributed by atoms with Crippen molar-refractivity contribution in [3.63, 3.8) is 0 Å². The molecule has 0 amide bonds. The van der Waals surface area contributed by atoms with Crippen LogP contribution in [-0.4, -0.2) is 21.2 Å². The summed E-state index contributed by atoms with van der Waals surface area (Å²) in [5.41, 5.74) is 1.85. The lowest BCUT2D eigenvalue weighted by Crippen LogP contribution is -2.29. The molecule has 0 atom stereocenters. The highest BCUT2D eigenvalue weighted by molar-refractivity contribution is 7.92. The van der Waals surface area contributed by atoms with Crippen molar-refractivity contribution in [1.82, 2.24) is 0 Å². The fourth-order valence-corrected chi connectivity index (χ4v) is 2.29. The summed E-state index contributed by atoms with van der Waals surface area (Å²) < 4.78 is 24.1. The second-order valence-corrected chi connectivity index (χ2v) is 5.17. The van der Waals surface area contributed by atoms with E-state index in [0.717, 1.165) is 11.3 Å². The van der Waals surface area contributed by atoms with Gasteiger partial charge in [-0.05, 0) is 26.0 Å². The lowest BCUT2D eigenvalue weighted by Gasteiger charge is -2.20. The van der Waals surface area contributed by atoms with Crippen molar-refractivity contribution in [3.05, 3.63) is 29.8 Å². The predicted octanol–water partition coefficient (Wildman–Crippen LogP) is 1.78. The zero-order valence-corrected chi connectivity index (χ0v) is 9.50. The van der Waals surface area contributed by atoms with Gasteiger partial charge in [0.2, 0.25) is 10.0 Å².